The molecular weight excluding hydrogens is 385 g/mol. The van der Waals surface area contributed by atoms with E-state index in [1.165, 1.54) is 12.1 Å². The molecule has 0 spiro atoms. The molecule has 1 aliphatic rings. The van der Waals surface area contributed by atoms with Crippen molar-refractivity contribution in [1.82, 2.24) is 24.1 Å². The number of carbonyl (C=O) groups excluding carboxylic acids is 2. The number of nitrogens with zero attached hydrogens (tertiary/aromatic N) is 5. The quantitative estimate of drug-likeness (QED) is 0.668. The molecule has 2 amide bonds. The molecule has 3 aromatic rings. The third kappa shape index (κ3) is 3.38. The first-order valence-corrected chi connectivity index (χ1v) is 9.89. The van der Waals surface area contributed by atoms with E-state index >= 15 is 0 Å². The zero-order chi connectivity index (χ0) is 21.4. The van der Waals surface area contributed by atoms with Gasteiger partial charge in [0.25, 0.3) is 11.8 Å². The summed E-state index contributed by atoms with van der Waals surface area (Å²) in [5.74, 6) is -0.271. The highest BCUT2D eigenvalue weighted by Crippen LogP contribution is 2.22. The molecule has 1 saturated heterocycles. The van der Waals surface area contributed by atoms with E-state index in [9.17, 15) is 14.0 Å². The molecular formula is C22H24FN5O2. The molecule has 0 saturated carbocycles. The van der Waals surface area contributed by atoms with E-state index in [2.05, 4.69) is 5.10 Å². The summed E-state index contributed by atoms with van der Waals surface area (Å²) in [6.07, 6.45) is 1.59. The van der Waals surface area contributed by atoms with E-state index in [4.69, 9.17) is 0 Å². The Balaban J connectivity index is 1.51. The Morgan fingerprint density at radius 1 is 0.867 bits per heavy atom. The van der Waals surface area contributed by atoms with Gasteiger partial charge in [0, 0.05) is 44.6 Å². The lowest BCUT2D eigenvalue weighted by molar-refractivity contribution is 0.0532. The van der Waals surface area contributed by atoms with Crippen LogP contribution in [0, 0.1) is 19.7 Å². The van der Waals surface area contributed by atoms with E-state index in [-0.39, 0.29) is 17.4 Å². The van der Waals surface area contributed by atoms with E-state index < -0.39 is 5.82 Å². The lowest BCUT2D eigenvalue weighted by Crippen LogP contribution is -2.50. The Labute approximate surface area is 174 Å². The average molecular weight is 409 g/mol. The summed E-state index contributed by atoms with van der Waals surface area (Å²) in [7, 11) is 1.82. The fourth-order valence-corrected chi connectivity index (χ4v) is 3.94. The second-order valence-electron chi connectivity index (χ2n) is 7.52. The van der Waals surface area contributed by atoms with Crippen molar-refractivity contribution in [3.63, 3.8) is 0 Å². The van der Waals surface area contributed by atoms with Gasteiger partial charge in [-0.05, 0) is 38.1 Å². The van der Waals surface area contributed by atoms with Crippen LogP contribution in [0.15, 0.2) is 42.6 Å². The van der Waals surface area contributed by atoms with Crippen LogP contribution in [0.1, 0.15) is 32.1 Å². The minimum atomic E-state index is -0.529. The van der Waals surface area contributed by atoms with Gasteiger partial charge in [-0.2, -0.15) is 5.10 Å². The maximum atomic E-state index is 13.9. The molecule has 0 atom stereocenters. The normalized spacial score (nSPS) is 14.3. The van der Waals surface area contributed by atoms with Gasteiger partial charge in [0.2, 0.25) is 0 Å². The number of aromatic nitrogens is 3. The highest BCUT2D eigenvalue weighted by atomic mass is 19.1. The van der Waals surface area contributed by atoms with E-state index in [0.717, 1.165) is 17.2 Å². The highest BCUT2D eigenvalue weighted by molar-refractivity contribution is 5.98. The number of aryl methyl sites for hydroxylation is 3. The van der Waals surface area contributed by atoms with Crippen LogP contribution < -0.4 is 0 Å². The number of rotatable bonds is 3. The third-order valence-corrected chi connectivity index (χ3v) is 5.58. The van der Waals surface area contributed by atoms with Gasteiger partial charge in [0.1, 0.15) is 17.2 Å². The molecule has 0 radical (unpaired) electrons. The van der Waals surface area contributed by atoms with Gasteiger partial charge in [-0.15, -0.1) is 0 Å². The monoisotopic (exact) mass is 409 g/mol. The van der Waals surface area contributed by atoms with Crippen LogP contribution >= 0.6 is 0 Å². The largest absolute Gasteiger partial charge is 0.335 e. The predicted octanol–water partition coefficient (Wildman–Crippen LogP) is 2.56. The maximum absolute atomic E-state index is 13.9. The van der Waals surface area contributed by atoms with Gasteiger partial charge < -0.3 is 14.4 Å². The Morgan fingerprint density at radius 2 is 1.40 bits per heavy atom. The van der Waals surface area contributed by atoms with Crippen molar-refractivity contribution >= 4 is 11.8 Å². The van der Waals surface area contributed by atoms with Crippen LogP contribution in [0.25, 0.3) is 5.82 Å². The van der Waals surface area contributed by atoms with Crippen molar-refractivity contribution in [2.24, 2.45) is 7.05 Å². The molecule has 8 heteroatoms. The molecule has 0 aliphatic carbocycles. The molecule has 4 rings (SSSR count). The summed E-state index contributed by atoms with van der Waals surface area (Å²) >= 11 is 0. The maximum Gasteiger partial charge on any atom is 0.259 e. The zero-order valence-electron chi connectivity index (χ0n) is 17.3. The molecule has 0 bridgehead atoms. The first kappa shape index (κ1) is 19.9. The SMILES string of the molecule is Cc1ccc(C)n1-c1c(C(=O)N2CCN(C(=O)c3ccccc3F)CC2)cnn1C. The Bertz CT molecular complexity index is 1090. The molecule has 1 fully saturated rings. The summed E-state index contributed by atoms with van der Waals surface area (Å²) in [5.41, 5.74) is 2.62. The van der Waals surface area contributed by atoms with Crippen LogP contribution in [0.5, 0.6) is 0 Å². The van der Waals surface area contributed by atoms with Gasteiger partial charge in [0.15, 0.2) is 0 Å². The standard InChI is InChI=1S/C22H24FN5O2/c1-15-8-9-16(2)28(15)20-18(14-24-25(20)3)22(30)27-12-10-26(11-13-27)21(29)17-6-4-5-7-19(17)23/h4-9,14H,10-13H2,1-3H3. The summed E-state index contributed by atoms with van der Waals surface area (Å²) in [6.45, 7) is 5.46. The van der Waals surface area contributed by atoms with Crippen molar-refractivity contribution in [1.29, 1.82) is 0 Å². The minimum Gasteiger partial charge on any atom is -0.335 e. The summed E-state index contributed by atoms with van der Waals surface area (Å²) in [6, 6.07) is 9.97. The summed E-state index contributed by atoms with van der Waals surface area (Å²) < 4.78 is 17.7. The number of amides is 2. The minimum absolute atomic E-state index is 0.0605. The lowest BCUT2D eigenvalue weighted by Gasteiger charge is -2.35. The molecule has 30 heavy (non-hydrogen) atoms. The van der Waals surface area contributed by atoms with Crippen molar-refractivity contribution in [3.8, 4) is 5.82 Å². The van der Waals surface area contributed by atoms with E-state index in [1.54, 1.807) is 32.8 Å². The van der Waals surface area contributed by atoms with Crippen LogP contribution in [0.2, 0.25) is 0 Å². The molecule has 0 unspecified atom stereocenters. The molecule has 7 nitrogen and oxygen atoms in total. The second kappa shape index (κ2) is 7.78. The summed E-state index contributed by atoms with van der Waals surface area (Å²) in [5, 5.41) is 4.31. The van der Waals surface area contributed by atoms with Gasteiger partial charge in [-0.3, -0.25) is 14.3 Å². The topological polar surface area (TPSA) is 63.4 Å². The number of benzene rings is 1. The third-order valence-electron chi connectivity index (χ3n) is 5.58. The Hall–Kier alpha value is -3.42. The smallest absolute Gasteiger partial charge is 0.259 e. The van der Waals surface area contributed by atoms with Gasteiger partial charge in [-0.25, -0.2) is 4.39 Å². The van der Waals surface area contributed by atoms with Crippen LogP contribution in [0.4, 0.5) is 4.39 Å². The van der Waals surface area contributed by atoms with Gasteiger partial charge in [0.05, 0.1) is 11.8 Å². The fraction of sp³-hybridized carbons (Fsp3) is 0.318. The number of carbonyl (C=O) groups is 2. The number of hydrogen-bond donors (Lipinski definition) is 0. The highest BCUT2D eigenvalue weighted by Gasteiger charge is 2.29. The number of hydrogen-bond acceptors (Lipinski definition) is 3. The van der Waals surface area contributed by atoms with Crippen LogP contribution in [-0.4, -0.2) is 62.1 Å². The van der Waals surface area contributed by atoms with E-state index in [0.29, 0.717) is 31.7 Å². The van der Waals surface area contributed by atoms with Crippen molar-refractivity contribution in [3.05, 3.63) is 70.9 Å². The van der Waals surface area contributed by atoms with Crippen molar-refractivity contribution < 1.29 is 14.0 Å². The number of piperazine rings is 1. The van der Waals surface area contributed by atoms with Gasteiger partial charge in [-0.1, -0.05) is 12.1 Å². The summed E-state index contributed by atoms with van der Waals surface area (Å²) in [4.78, 5) is 29.2. The van der Waals surface area contributed by atoms with Crippen molar-refractivity contribution in [2.75, 3.05) is 26.2 Å². The molecule has 2 aromatic heterocycles. The van der Waals surface area contributed by atoms with E-state index in [1.807, 2.05) is 37.6 Å². The average Bonchev–Trinajstić information content (AvgIpc) is 3.28. The van der Waals surface area contributed by atoms with Crippen LogP contribution in [-0.2, 0) is 7.05 Å². The molecule has 3 heterocycles. The predicted molar refractivity (Wildman–Crippen MR) is 110 cm³/mol. The molecule has 1 aromatic carbocycles. The lowest BCUT2D eigenvalue weighted by atomic mass is 10.1. The van der Waals surface area contributed by atoms with Crippen LogP contribution in [0.3, 0.4) is 0 Å². The first-order valence-electron chi connectivity index (χ1n) is 9.89. The Kier molecular flexibility index (Phi) is 5.15. The van der Waals surface area contributed by atoms with Gasteiger partial charge >= 0.3 is 0 Å². The second-order valence-corrected chi connectivity index (χ2v) is 7.52. The number of halogens is 1. The molecule has 156 valence electrons. The first-order chi connectivity index (χ1) is 14.4. The fourth-order valence-electron chi connectivity index (χ4n) is 3.94. The van der Waals surface area contributed by atoms with Crippen molar-refractivity contribution in [2.45, 2.75) is 13.8 Å². The molecule has 1 aliphatic heterocycles. The zero-order valence-corrected chi connectivity index (χ0v) is 17.3. The Morgan fingerprint density at radius 3 is 1.97 bits per heavy atom. The molecule has 0 N–H and O–H groups in total.